The van der Waals surface area contributed by atoms with E-state index in [0.29, 0.717) is 18.7 Å². The van der Waals surface area contributed by atoms with Crippen LogP contribution < -0.4 is 10.5 Å². The number of carbonyl (C=O) groups excluding carboxylic acids is 1. The summed E-state index contributed by atoms with van der Waals surface area (Å²) in [4.78, 5) is 23.4. The molecule has 2 aromatic carbocycles. The van der Waals surface area contributed by atoms with E-state index in [2.05, 4.69) is 4.57 Å². The summed E-state index contributed by atoms with van der Waals surface area (Å²) in [5.74, 6) is -1.86. The number of nitrogens with two attached hydrogens (primary N) is 1. The van der Waals surface area contributed by atoms with Gasteiger partial charge in [-0.2, -0.15) is 0 Å². The number of nitrogens with zero attached hydrogens (tertiary/aromatic N) is 1. The number of benzene rings is 2. The molecule has 3 N–H and O–H groups in total. The van der Waals surface area contributed by atoms with Gasteiger partial charge in [-0.25, -0.2) is 9.18 Å². The van der Waals surface area contributed by atoms with Gasteiger partial charge in [0.05, 0.1) is 11.4 Å². The molecule has 30 heavy (non-hydrogen) atoms. The molecule has 3 aromatic rings. The van der Waals surface area contributed by atoms with Crippen molar-refractivity contribution >= 4 is 22.8 Å². The summed E-state index contributed by atoms with van der Waals surface area (Å²) in [6, 6.07) is 11.8. The van der Waals surface area contributed by atoms with Gasteiger partial charge in [-0.1, -0.05) is 24.6 Å². The molecule has 0 bridgehead atoms. The molecule has 156 valence electrons. The Morgan fingerprint density at radius 3 is 2.73 bits per heavy atom. The molecule has 0 spiro atoms. The topological polar surface area (TPSA) is 94.6 Å². The molecular weight excluding hydrogens is 387 g/mol. The third kappa shape index (κ3) is 3.75. The van der Waals surface area contributed by atoms with Crippen LogP contribution in [0.5, 0.6) is 5.75 Å². The number of amides is 1. The van der Waals surface area contributed by atoms with Crippen molar-refractivity contribution in [2.45, 2.75) is 38.1 Å². The van der Waals surface area contributed by atoms with E-state index in [1.807, 2.05) is 12.1 Å². The fourth-order valence-corrected chi connectivity index (χ4v) is 4.42. The van der Waals surface area contributed by atoms with Crippen molar-refractivity contribution in [3.63, 3.8) is 0 Å². The van der Waals surface area contributed by atoms with Crippen LogP contribution in [0, 0.1) is 5.82 Å². The predicted octanol–water partition coefficient (Wildman–Crippen LogP) is 3.59. The summed E-state index contributed by atoms with van der Waals surface area (Å²) in [6.07, 6.45) is 3.15. The van der Waals surface area contributed by atoms with E-state index in [1.54, 1.807) is 18.2 Å². The average molecular weight is 410 g/mol. The van der Waals surface area contributed by atoms with Crippen LogP contribution in [-0.4, -0.2) is 28.2 Å². The number of carboxylic acid groups (broad SMARTS) is 1. The van der Waals surface area contributed by atoms with Gasteiger partial charge in [-0.15, -0.1) is 0 Å². The van der Waals surface area contributed by atoms with Gasteiger partial charge in [-0.3, -0.25) is 4.79 Å². The van der Waals surface area contributed by atoms with E-state index in [9.17, 15) is 14.0 Å². The number of primary amides is 1. The number of hydrogen-bond acceptors (Lipinski definition) is 3. The molecular formula is C23H23FN2O4. The molecule has 1 unspecified atom stereocenters. The fourth-order valence-electron chi connectivity index (χ4n) is 4.42. The Kier molecular flexibility index (Phi) is 5.44. The van der Waals surface area contributed by atoms with Crippen molar-refractivity contribution < 1.29 is 23.8 Å². The van der Waals surface area contributed by atoms with Gasteiger partial charge < -0.3 is 20.1 Å². The monoisotopic (exact) mass is 410 g/mol. The maximum absolute atomic E-state index is 13.8. The third-order valence-electron chi connectivity index (χ3n) is 5.63. The zero-order valence-corrected chi connectivity index (χ0v) is 16.4. The maximum atomic E-state index is 13.8. The maximum Gasteiger partial charge on any atom is 0.341 e. The molecule has 0 radical (unpaired) electrons. The number of fused-ring (bicyclic) bond motifs is 3. The fraction of sp³-hybridized carbons (Fsp3) is 0.304. The van der Waals surface area contributed by atoms with Gasteiger partial charge >= 0.3 is 5.97 Å². The van der Waals surface area contributed by atoms with Crippen molar-refractivity contribution in [3.05, 3.63) is 65.1 Å². The molecule has 6 nitrogen and oxygen atoms in total. The lowest BCUT2D eigenvalue weighted by atomic mass is 9.92. The van der Waals surface area contributed by atoms with Crippen LogP contribution in [0.2, 0.25) is 0 Å². The highest BCUT2D eigenvalue weighted by atomic mass is 19.1. The van der Waals surface area contributed by atoms with Gasteiger partial charge in [0.1, 0.15) is 11.6 Å². The van der Waals surface area contributed by atoms with Gasteiger partial charge in [0.15, 0.2) is 6.61 Å². The second kappa shape index (κ2) is 8.18. The van der Waals surface area contributed by atoms with E-state index in [-0.39, 0.29) is 5.82 Å². The number of aliphatic carboxylic acids is 1. The van der Waals surface area contributed by atoms with Crippen LogP contribution in [0.15, 0.2) is 42.5 Å². The van der Waals surface area contributed by atoms with Gasteiger partial charge in [0.25, 0.3) is 0 Å². The number of halogens is 1. The Morgan fingerprint density at radius 1 is 1.20 bits per heavy atom. The van der Waals surface area contributed by atoms with Crippen molar-refractivity contribution in [1.82, 2.24) is 4.57 Å². The first-order valence-corrected chi connectivity index (χ1v) is 9.98. The summed E-state index contributed by atoms with van der Waals surface area (Å²) in [7, 11) is 0. The molecule has 1 amide bonds. The smallest absolute Gasteiger partial charge is 0.341 e. The molecule has 1 atom stereocenters. The van der Waals surface area contributed by atoms with E-state index >= 15 is 0 Å². The number of carboxylic acids is 1. The van der Waals surface area contributed by atoms with Crippen LogP contribution in [0.3, 0.4) is 0 Å². The molecule has 7 heteroatoms. The Morgan fingerprint density at radius 2 is 2.00 bits per heavy atom. The minimum atomic E-state index is -1.08. The van der Waals surface area contributed by atoms with Crippen LogP contribution in [0.25, 0.3) is 10.9 Å². The quantitative estimate of drug-likeness (QED) is 0.607. The average Bonchev–Trinajstić information content (AvgIpc) is 2.86. The number of rotatable bonds is 6. The number of hydrogen-bond donors (Lipinski definition) is 2. The van der Waals surface area contributed by atoms with Crippen LogP contribution in [0.4, 0.5) is 4.39 Å². The highest BCUT2D eigenvalue weighted by Gasteiger charge is 2.31. The van der Waals surface area contributed by atoms with Crippen molar-refractivity contribution in [1.29, 1.82) is 0 Å². The molecule has 1 aliphatic carbocycles. The summed E-state index contributed by atoms with van der Waals surface area (Å²) >= 11 is 0. The third-order valence-corrected chi connectivity index (χ3v) is 5.63. The van der Waals surface area contributed by atoms with Gasteiger partial charge in [0, 0.05) is 17.6 Å². The van der Waals surface area contributed by atoms with Gasteiger partial charge in [-0.05, 0) is 54.7 Å². The first-order valence-electron chi connectivity index (χ1n) is 9.98. The SMILES string of the molecule is NC(=O)C1CCCCc2c1c1c(OCC(=O)O)cccc1n2Cc1cccc(F)c1. The van der Waals surface area contributed by atoms with Crippen molar-refractivity contribution in [3.8, 4) is 5.75 Å². The van der Waals surface area contributed by atoms with Crippen molar-refractivity contribution in [2.24, 2.45) is 5.73 Å². The lowest BCUT2D eigenvalue weighted by Gasteiger charge is -2.14. The molecule has 1 heterocycles. The Labute approximate surface area is 173 Å². The van der Waals surface area contributed by atoms with Crippen LogP contribution in [-0.2, 0) is 22.6 Å². The molecule has 0 saturated heterocycles. The normalized spacial score (nSPS) is 16.1. The number of ether oxygens (including phenoxy) is 1. The van der Waals surface area contributed by atoms with E-state index in [1.165, 1.54) is 12.1 Å². The first-order chi connectivity index (χ1) is 14.5. The lowest BCUT2D eigenvalue weighted by molar-refractivity contribution is -0.139. The van der Waals surface area contributed by atoms with Gasteiger partial charge in [0.2, 0.25) is 5.91 Å². The molecule has 4 rings (SSSR count). The molecule has 1 aliphatic rings. The summed E-state index contributed by atoms with van der Waals surface area (Å²) in [5, 5.41) is 9.78. The summed E-state index contributed by atoms with van der Waals surface area (Å²) in [5.41, 5.74) is 9.17. The highest BCUT2D eigenvalue weighted by Crippen LogP contribution is 2.42. The Balaban J connectivity index is 1.95. The van der Waals surface area contributed by atoms with Crippen molar-refractivity contribution in [2.75, 3.05) is 6.61 Å². The summed E-state index contributed by atoms with van der Waals surface area (Å²) in [6.45, 7) is -0.0539. The van der Waals surface area contributed by atoms with E-state index in [4.69, 9.17) is 15.6 Å². The lowest BCUT2D eigenvalue weighted by Crippen LogP contribution is -2.21. The highest BCUT2D eigenvalue weighted by molar-refractivity contribution is 5.97. The molecule has 0 aliphatic heterocycles. The molecule has 0 saturated carbocycles. The first kappa shape index (κ1) is 19.9. The largest absolute Gasteiger partial charge is 0.481 e. The standard InChI is InChI=1S/C23H23FN2O4/c24-15-6-3-5-14(11-15)12-26-17-8-2-1-7-16(23(25)29)21(17)22-18(26)9-4-10-19(22)30-13-20(27)28/h3-6,9-11,16H,1-2,7-8,12-13H2,(H2,25,29)(H,27,28). The second-order valence-corrected chi connectivity index (χ2v) is 7.61. The Hall–Kier alpha value is -3.35. The number of carbonyl (C=O) groups is 2. The predicted molar refractivity (Wildman–Crippen MR) is 110 cm³/mol. The Bertz CT molecular complexity index is 1120. The zero-order valence-electron chi connectivity index (χ0n) is 16.4. The van der Waals surface area contributed by atoms with E-state index < -0.39 is 24.4 Å². The van der Waals surface area contributed by atoms with E-state index in [0.717, 1.165) is 47.0 Å². The molecule has 0 fully saturated rings. The zero-order chi connectivity index (χ0) is 21.3. The second-order valence-electron chi connectivity index (χ2n) is 7.61. The number of aromatic nitrogens is 1. The minimum Gasteiger partial charge on any atom is -0.481 e. The van der Waals surface area contributed by atoms with Crippen LogP contribution >= 0.6 is 0 Å². The minimum absolute atomic E-state index is 0.310. The molecule has 1 aromatic heterocycles. The summed E-state index contributed by atoms with van der Waals surface area (Å²) < 4.78 is 21.4. The van der Waals surface area contributed by atoms with Crippen LogP contribution in [0.1, 0.15) is 42.0 Å².